The molecule has 21 heavy (non-hydrogen) atoms. The summed E-state index contributed by atoms with van der Waals surface area (Å²) >= 11 is 13.2. The van der Waals surface area contributed by atoms with Crippen molar-refractivity contribution < 1.29 is 14.3 Å². The van der Waals surface area contributed by atoms with Crippen LogP contribution in [0, 0.1) is 6.92 Å². The Kier molecular flexibility index (Phi) is 5.85. The SMILES string of the molecule is Cc1nc(CC(=O)OCCOc2ccc(Cl)cc2Cl)cs1. The largest absolute Gasteiger partial charge is 0.488 e. The number of hydrogen-bond acceptors (Lipinski definition) is 5. The van der Waals surface area contributed by atoms with Gasteiger partial charge in [-0.3, -0.25) is 4.79 Å². The van der Waals surface area contributed by atoms with Crippen LogP contribution in [0.1, 0.15) is 10.7 Å². The molecular weight excluding hydrogens is 333 g/mol. The molecule has 0 saturated carbocycles. The van der Waals surface area contributed by atoms with E-state index in [1.807, 2.05) is 12.3 Å². The van der Waals surface area contributed by atoms with E-state index in [4.69, 9.17) is 32.7 Å². The van der Waals surface area contributed by atoms with Crippen LogP contribution in [0.2, 0.25) is 10.0 Å². The van der Waals surface area contributed by atoms with Crippen molar-refractivity contribution in [1.82, 2.24) is 4.98 Å². The van der Waals surface area contributed by atoms with Crippen molar-refractivity contribution in [3.63, 3.8) is 0 Å². The number of esters is 1. The minimum atomic E-state index is -0.328. The number of carbonyl (C=O) groups excluding carboxylic acids is 1. The van der Waals surface area contributed by atoms with Gasteiger partial charge in [0, 0.05) is 10.4 Å². The zero-order chi connectivity index (χ0) is 15.2. The van der Waals surface area contributed by atoms with E-state index in [-0.39, 0.29) is 25.6 Å². The number of ether oxygens (including phenoxy) is 2. The lowest BCUT2D eigenvalue weighted by Crippen LogP contribution is -2.14. The molecule has 2 rings (SSSR count). The molecule has 0 spiro atoms. The van der Waals surface area contributed by atoms with Crippen molar-refractivity contribution >= 4 is 40.5 Å². The lowest BCUT2D eigenvalue weighted by atomic mass is 10.3. The van der Waals surface area contributed by atoms with Gasteiger partial charge >= 0.3 is 5.97 Å². The van der Waals surface area contributed by atoms with Crippen molar-refractivity contribution in [1.29, 1.82) is 0 Å². The van der Waals surface area contributed by atoms with E-state index < -0.39 is 0 Å². The summed E-state index contributed by atoms with van der Waals surface area (Å²) in [6, 6.07) is 4.94. The number of rotatable bonds is 6. The summed E-state index contributed by atoms with van der Waals surface area (Å²) in [6.07, 6.45) is 0.173. The minimum Gasteiger partial charge on any atom is -0.488 e. The molecular formula is C14H13Cl2NO3S. The van der Waals surface area contributed by atoms with Gasteiger partial charge in [0.05, 0.1) is 22.1 Å². The Morgan fingerprint density at radius 2 is 2.14 bits per heavy atom. The van der Waals surface area contributed by atoms with Crippen molar-refractivity contribution in [2.24, 2.45) is 0 Å². The fraction of sp³-hybridized carbons (Fsp3) is 0.286. The molecule has 0 atom stereocenters. The summed E-state index contributed by atoms with van der Waals surface area (Å²) in [5.41, 5.74) is 0.726. The molecule has 1 heterocycles. The first-order valence-corrected chi connectivity index (χ1v) is 7.82. The van der Waals surface area contributed by atoms with Gasteiger partial charge in [0.1, 0.15) is 19.0 Å². The highest BCUT2D eigenvalue weighted by atomic mass is 35.5. The Labute approximate surface area is 136 Å². The van der Waals surface area contributed by atoms with Crippen LogP contribution in [0.15, 0.2) is 23.6 Å². The molecule has 0 amide bonds. The van der Waals surface area contributed by atoms with E-state index in [1.165, 1.54) is 11.3 Å². The van der Waals surface area contributed by atoms with Crippen LogP contribution in [0.5, 0.6) is 5.75 Å². The zero-order valence-electron chi connectivity index (χ0n) is 11.3. The molecule has 1 aromatic heterocycles. The number of benzene rings is 1. The summed E-state index contributed by atoms with van der Waals surface area (Å²) in [5, 5.41) is 3.74. The van der Waals surface area contributed by atoms with Crippen LogP contribution >= 0.6 is 34.5 Å². The van der Waals surface area contributed by atoms with Crippen molar-refractivity contribution in [3.05, 3.63) is 44.3 Å². The first-order chi connectivity index (χ1) is 10.0. The Morgan fingerprint density at radius 3 is 2.81 bits per heavy atom. The average molecular weight is 346 g/mol. The molecule has 0 saturated heterocycles. The maximum Gasteiger partial charge on any atom is 0.312 e. The van der Waals surface area contributed by atoms with Gasteiger partial charge in [-0.2, -0.15) is 0 Å². The average Bonchev–Trinajstić information content (AvgIpc) is 2.82. The molecule has 0 N–H and O–H groups in total. The topological polar surface area (TPSA) is 48.4 Å². The number of aryl methyl sites for hydroxylation is 1. The normalized spacial score (nSPS) is 10.4. The van der Waals surface area contributed by atoms with Crippen molar-refractivity contribution in [3.8, 4) is 5.75 Å². The summed E-state index contributed by atoms with van der Waals surface area (Å²) in [5.74, 6) is 0.179. The van der Waals surface area contributed by atoms with Gasteiger partial charge in [-0.25, -0.2) is 4.98 Å². The second-order valence-corrected chi connectivity index (χ2v) is 6.08. The van der Waals surface area contributed by atoms with E-state index >= 15 is 0 Å². The Bertz CT molecular complexity index is 630. The highest BCUT2D eigenvalue weighted by Gasteiger charge is 2.08. The predicted octanol–water partition coefficient (Wildman–Crippen LogP) is 3.92. The quantitative estimate of drug-likeness (QED) is 0.588. The van der Waals surface area contributed by atoms with E-state index in [2.05, 4.69) is 4.98 Å². The Hall–Kier alpha value is -1.30. The summed E-state index contributed by atoms with van der Waals surface area (Å²) in [4.78, 5) is 15.8. The minimum absolute atomic E-state index is 0.154. The number of nitrogens with zero attached hydrogens (tertiary/aromatic N) is 1. The van der Waals surface area contributed by atoms with Gasteiger partial charge in [-0.05, 0) is 25.1 Å². The molecule has 7 heteroatoms. The standard InChI is InChI=1S/C14H13Cl2NO3S/c1-9-17-11(8-21-9)7-14(18)20-5-4-19-13-3-2-10(15)6-12(13)16/h2-3,6,8H,4-5,7H2,1H3. The number of thiazole rings is 1. The van der Waals surface area contributed by atoms with Crippen LogP contribution in [-0.4, -0.2) is 24.2 Å². The molecule has 4 nitrogen and oxygen atoms in total. The molecule has 112 valence electrons. The third-order valence-corrected chi connectivity index (χ3v) is 3.84. The summed E-state index contributed by atoms with van der Waals surface area (Å²) in [6.45, 7) is 2.27. The van der Waals surface area contributed by atoms with E-state index in [9.17, 15) is 4.79 Å². The third kappa shape index (κ3) is 5.19. The monoisotopic (exact) mass is 345 g/mol. The van der Waals surface area contributed by atoms with Gasteiger partial charge < -0.3 is 9.47 Å². The fourth-order valence-corrected chi connectivity index (χ4v) is 2.66. The Morgan fingerprint density at radius 1 is 1.33 bits per heavy atom. The van der Waals surface area contributed by atoms with Crippen LogP contribution in [-0.2, 0) is 16.0 Å². The first-order valence-electron chi connectivity index (χ1n) is 6.19. The van der Waals surface area contributed by atoms with Gasteiger partial charge in [0.25, 0.3) is 0 Å². The molecule has 1 aromatic carbocycles. The lowest BCUT2D eigenvalue weighted by Gasteiger charge is -2.08. The first kappa shape index (κ1) is 16.1. The summed E-state index contributed by atoms with van der Waals surface area (Å²) < 4.78 is 10.5. The second kappa shape index (κ2) is 7.64. The lowest BCUT2D eigenvalue weighted by molar-refractivity contribution is -0.143. The van der Waals surface area contributed by atoms with Crippen molar-refractivity contribution in [2.75, 3.05) is 13.2 Å². The smallest absolute Gasteiger partial charge is 0.312 e. The number of hydrogen-bond donors (Lipinski definition) is 0. The van der Waals surface area contributed by atoms with Gasteiger partial charge in [0.15, 0.2) is 0 Å². The molecule has 0 bridgehead atoms. The van der Waals surface area contributed by atoms with Gasteiger partial charge in [-0.15, -0.1) is 11.3 Å². The van der Waals surface area contributed by atoms with E-state index in [0.29, 0.717) is 15.8 Å². The highest BCUT2D eigenvalue weighted by Crippen LogP contribution is 2.27. The maximum atomic E-state index is 11.6. The van der Waals surface area contributed by atoms with E-state index in [1.54, 1.807) is 18.2 Å². The van der Waals surface area contributed by atoms with Crippen LogP contribution in [0.4, 0.5) is 0 Å². The van der Waals surface area contributed by atoms with Crippen molar-refractivity contribution in [2.45, 2.75) is 13.3 Å². The summed E-state index contributed by atoms with van der Waals surface area (Å²) in [7, 11) is 0. The predicted molar refractivity (Wildman–Crippen MR) is 83.5 cm³/mol. The maximum absolute atomic E-state index is 11.6. The molecule has 0 radical (unpaired) electrons. The number of aromatic nitrogens is 1. The fourth-order valence-electron chi connectivity index (χ4n) is 1.59. The van der Waals surface area contributed by atoms with Crippen LogP contribution in [0.25, 0.3) is 0 Å². The zero-order valence-corrected chi connectivity index (χ0v) is 13.6. The van der Waals surface area contributed by atoms with Gasteiger partial charge in [-0.1, -0.05) is 23.2 Å². The molecule has 0 aliphatic rings. The molecule has 0 unspecified atom stereocenters. The Balaban J connectivity index is 1.70. The molecule has 2 aromatic rings. The second-order valence-electron chi connectivity index (χ2n) is 4.18. The van der Waals surface area contributed by atoms with Crippen LogP contribution < -0.4 is 4.74 Å². The van der Waals surface area contributed by atoms with E-state index in [0.717, 1.165) is 10.7 Å². The molecule has 0 aliphatic heterocycles. The third-order valence-electron chi connectivity index (χ3n) is 2.49. The number of carbonyl (C=O) groups is 1. The molecule has 0 aliphatic carbocycles. The molecule has 0 fully saturated rings. The highest BCUT2D eigenvalue weighted by molar-refractivity contribution is 7.09. The number of halogens is 2. The van der Waals surface area contributed by atoms with Gasteiger partial charge in [0.2, 0.25) is 0 Å². The van der Waals surface area contributed by atoms with Crippen LogP contribution in [0.3, 0.4) is 0 Å².